The van der Waals surface area contributed by atoms with Gasteiger partial charge < -0.3 is 4.74 Å². The molecule has 2 nitrogen and oxygen atoms in total. The smallest absolute Gasteiger partial charge is 0.122 e. The fourth-order valence-electron chi connectivity index (χ4n) is 3.14. The SMILES string of the molecule is CC(C)(C)c1ccc2c(c1)OCC2.CC(C)(C)c1nc2c(s1)CCC2. The van der Waals surface area contributed by atoms with Crippen LogP contribution >= 0.6 is 11.3 Å². The highest BCUT2D eigenvalue weighted by atomic mass is 32.1. The minimum atomic E-state index is 0.223. The zero-order valence-electron chi connectivity index (χ0n) is 16.5. The molecule has 1 aromatic carbocycles. The van der Waals surface area contributed by atoms with Crippen LogP contribution in [0.1, 0.15) is 74.7 Å². The number of hydrogen-bond donors (Lipinski definition) is 0. The molecule has 3 heteroatoms. The molecule has 0 spiro atoms. The van der Waals surface area contributed by atoms with Crippen molar-refractivity contribution in [1.82, 2.24) is 4.98 Å². The van der Waals surface area contributed by atoms with Crippen LogP contribution in [0.5, 0.6) is 5.75 Å². The van der Waals surface area contributed by atoms with Crippen molar-refractivity contribution in [3.05, 3.63) is 44.9 Å². The lowest BCUT2D eigenvalue weighted by Crippen LogP contribution is -2.10. The fourth-order valence-corrected chi connectivity index (χ4v) is 4.35. The number of fused-ring (bicyclic) bond motifs is 2. The molecule has 1 aliphatic heterocycles. The van der Waals surface area contributed by atoms with E-state index in [0.29, 0.717) is 0 Å². The van der Waals surface area contributed by atoms with Gasteiger partial charge in [0.15, 0.2) is 0 Å². The number of thiazole rings is 1. The molecule has 0 unspecified atom stereocenters. The van der Waals surface area contributed by atoms with Crippen molar-refractivity contribution < 1.29 is 4.74 Å². The Hall–Kier alpha value is -1.35. The van der Waals surface area contributed by atoms with Gasteiger partial charge in [0.1, 0.15) is 5.75 Å². The van der Waals surface area contributed by atoms with Crippen LogP contribution in [0.2, 0.25) is 0 Å². The zero-order valence-corrected chi connectivity index (χ0v) is 17.3. The van der Waals surface area contributed by atoms with Crippen LogP contribution in [0.4, 0.5) is 0 Å². The molecule has 0 radical (unpaired) electrons. The summed E-state index contributed by atoms with van der Waals surface area (Å²) in [5, 5.41) is 1.31. The molecule has 2 aromatic rings. The molecule has 0 amide bonds. The summed E-state index contributed by atoms with van der Waals surface area (Å²) in [7, 11) is 0. The Kier molecular flexibility index (Phi) is 4.98. The Labute approximate surface area is 156 Å². The quantitative estimate of drug-likeness (QED) is 0.590. The van der Waals surface area contributed by atoms with Crippen molar-refractivity contribution in [2.75, 3.05) is 6.61 Å². The van der Waals surface area contributed by atoms with Crippen LogP contribution in [-0.4, -0.2) is 11.6 Å². The topological polar surface area (TPSA) is 22.1 Å². The molecule has 1 aliphatic carbocycles. The standard InChI is InChI=1S/C12H16O.C10H15NS/c1-12(2,3)10-5-4-9-6-7-13-11(9)8-10;1-10(2,3)9-11-7-5-4-6-8(7)12-9/h4-5,8H,6-7H2,1-3H3;4-6H2,1-3H3. The predicted molar refractivity (Wildman–Crippen MR) is 107 cm³/mol. The maximum Gasteiger partial charge on any atom is 0.122 e. The first-order chi connectivity index (χ1) is 11.6. The highest BCUT2D eigenvalue weighted by Gasteiger charge is 2.23. The molecule has 25 heavy (non-hydrogen) atoms. The van der Waals surface area contributed by atoms with Crippen LogP contribution in [0.3, 0.4) is 0 Å². The van der Waals surface area contributed by atoms with Gasteiger partial charge in [-0.3, -0.25) is 0 Å². The van der Waals surface area contributed by atoms with E-state index in [1.54, 1.807) is 4.88 Å². The Morgan fingerprint density at radius 1 is 0.960 bits per heavy atom. The van der Waals surface area contributed by atoms with Crippen molar-refractivity contribution in [2.45, 2.75) is 78.1 Å². The lowest BCUT2D eigenvalue weighted by atomic mass is 9.86. The maximum atomic E-state index is 5.53. The Morgan fingerprint density at radius 2 is 1.72 bits per heavy atom. The summed E-state index contributed by atoms with van der Waals surface area (Å²) < 4.78 is 5.53. The van der Waals surface area contributed by atoms with Crippen LogP contribution in [0.25, 0.3) is 0 Å². The van der Waals surface area contributed by atoms with Crippen molar-refractivity contribution >= 4 is 11.3 Å². The minimum absolute atomic E-state index is 0.223. The third-order valence-electron chi connectivity index (χ3n) is 4.80. The summed E-state index contributed by atoms with van der Waals surface area (Å²) in [6, 6.07) is 6.60. The van der Waals surface area contributed by atoms with E-state index in [4.69, 9.17) is 4.74 Å². The van der Waals surface area contributed by atoms with Gasteiger partial charge in [0.2, 0.25) is 0 Å². The highest BCUT2D eigenvalue weighted by molar-refractivity contribution is 7.12. The van der Waals surface area contributed by atoms with Gasteiger partial charge in [0.25, 0.3) is 0 Å². The van der Waals surface area contributed by atoms with E-state index in [0.717, 1.165) is 18.8 Å². The van der Waals surface area contributed by atoms with E-state index in [2.05, 4.69) is 64.7 Å². The molecule has 0 atom stereocenters. The molecule has 1 aromatic heterocycles. The monoisotopic (exact) mass is 357 g/mol. The largest absolute Gasteiger partial charge is 0.493 e. The van der Waals surface area contributed by atoms with E-state index in [-0.39, 0.29) is 10.8 Å². The van der Waals surface area contributed by atoms with Crippen molar-refractivity contribution in [3.63, 3.8) is 0 Å². The molecule has 0 fully saturated rings. The normalized spacial score (nSPS) is 15.9. The Bertz CT molecular complexity index is 725. The molecule has 0 bridgehead atoms. The van der Waals surface area contributed by atoms with E-state index < -0.39 is 0 Å². The first-order valence-corrected chi connectivity index (χ1v) is 10.2. The number of rotatable bonds is 0. The summed E-state index contributed by atoms with van der Waals surface area (Å²) in [4.78, 5) is 6.22. The maximum absolute atomic E-state index is 5.53. The predicted octanol–water partition coefficient (Wildman–Crippen LogP) is 5.85. The molecular weight excluding hydrogens is 326 g/mol. The number of nitrogens with zero attached hydrogens (tertiary/aromatic N) is 1. The highest BCUT2D eigenvalue weighted by Crippen LogP contribution is 2.34. The first-order valence-electron chi connectivity index (χ1n) is 9.40. The molecular formula is C22H31NOS. The average Bonchev–Trinajstić information content (AvgIpc) is 3.20. The van der Waals surface area contributed by atoms with Gasteiger partial charge in [-0.2, -0.15) is 0 Å². The van der Waals surface area contributed by atoms with Gasteiger partial charge in [0.05, 0.1) is 17.3 Å². The van der Waals surface area contributed by atoms with Gasteiger partial charge in [-0.1, -0.05) is 53.7 Å². The molecule has 0 saturated heterocycles. The number of aryl methyl sites for hydroxylation is 2. The molecule has 0 saturated carbocycles. The van der Waals surface area contributed by atoms with Crippen LogP contribution < -0.4 is 4.74 Å². The van der Waals surface area contributed by atoms with Crippen molar-refractivity contribution in [3.8, 4) is 5.75 Å². The molecule has 136 valence electrons. The summed E-state index contributed by atoms with van der Waals surface area (Å²) in [6.07, 6.45) is 4.86. The number of benzene rings is 1. The van der Waals surface area contributed by atoms with Gasteiger partial charge in [0, 0.05) is 16.7 Å². The minimum Gasteiger partial charge on any atom is -0.493 e. The number of hydrogen-bond acceptors (Lipinski definition) is 3. The Balaban J connectivity index is 0.000000146. The molecule has 2 aliphatic rings. The second-order valence-corrected chi connectivity index (χ2v) is 10.2. The van der Waals surface area contributed by atoms with E-state index >= 15 is 0 Å². The van der Waals surface area contributed by atoms with Crippen LogP contribution in [0, 0.1) is 0 Å². The molecule has 2 heterocycles. The second kappa shape index (κ2) is 6.75. The average molecular weight is 358 g/mol. The van der Waals surface area contributed by atoms with Gasteiger partial charge in [-0.05, 0) is 41.9 Å². The molecule has 4 rings (SSSR count). The van der Waals surface area contributed by atoms with E-state index in [1.165, 1.54) is 41.1 Å². The van der Waals surface area contributed by atoms with E-state index in [9.17, 15) is 0 Å². The van der Waals surface area contributed by atoms with Gasteiger partial charge in [-0.25, -0.2) is 4.98 Å². The lowest BCUT2D eigenvalue weighted by molar-refractivity contribution is 0.356. The van der Waals surface area contributed by atoms with Crippen molar-refractivity contribution in [2.24, 2.45) is 0 Å². The summed E-state index contributed by atoms with van der Waals surface area (Å²) in [5.74, 6) is 1.09. The first kappa shape index (κ1) is 18.4. The number of aromatic nitrogens is 1. The third kappa shape index (κ3) is 4.25. The lowest BCUT2D eigenvalue weighted by Gasteiger charge is -2.19. The fraction of sp³-hybridized carbons (Fsp3) is 0.591. The summed E-state index contributed by atoms with van der Waals surface area (Å²) in [6.45, 7) is 14.2. The summed E-state index contributed by atoms with van der Waals surface area (Å²) in [5.41, 5.74) is 4.56. The third-order valence-corrected chi connectivity index (χ3v) is 6.38. The zero-order chi connectivity index (χ0) is 18.2. The van der Waals surface area contributed by atoms with Gasteiger partial charge in [-0.15, -0.1) is 11.3 Å². The van der Waals surface area contributed by atoms with Crippen LogP contribution in [-0.2, 0) is 30.1 Å². The van der Waals surface area contributed by atoms with Crippen LogP contribution in [0.15, 0.2) is 18.2 Å². The summed E-state index contributed by atoms with van der Waals surface area (Å²) >= 11 is 1.92. The number of ether oxygens (including phenoxy) is 1. The second-order valence-electron chi connectivity index (χ2n) is 9.16. The van der Waals surface area contributed by atoms with Crippen molar-refractivity contribution in [1.29, 1.82) is 0 Å². The van der Waals surface area contributed by atoms with Gasteiger partial charge >= 0.3 is 0 Å². The molecule has 0 N–H and O–H groups in total. The Morgan fingerprint density at radius 3 is 2.36 bits per heavy atom. The van der Waals surface area contributed by atoms with E-state index in [1.807, 2.05) is 11.3 Å².